The zero-order valence-electron chi connectivity index (χ0n) is 24.2. The van der Waals surface area contributed by atoms with Gasteiger partial charge in [0.2, 0.25) is 0 Å². The predicted octanol–water partition coefficient (Wildman–Crippen LogP) is 7.16. The zero-order chi connectivity index (χ0) is 30.9. The fourth-order valence-corrected chi connectivity index (χ4v) is 4.62. The van der Waals surface area contributed by atoms with E-state index in [1.54, 1.807) is 93.1 Å². The van der Waals surface area contributed by atoms with E-state index in [2.05, 4.69) is 10.6 Å². The molecule has 5 aromatic carbocycles. The lowest BCUT2D eigenvalue weighted by molar-refractivity contribution is -0.113. The second kappa shape index (κ2) is 13.8. The van der Waals surface area contributed by atoms with Crippen molar-refractivity contribution in [2.24, 2.45) is 0 Å². The van der Waals surface area contributed by atoms with Gasteiger partial charge in [0.25, 0.3) is 11.8 Å². The first-order valence-electron chi connectivity index (χ1n) is 13.9. The number of benzene rings is 5. The van der Waals surface area contributed by atoms with Gasteiger partial charge in [-0.1, -0.05) is 60.7 Å². The summed E-state index contributed by atoms with van der Waals surface area (Å²) >= 11 is 0. The lowest BCUT2D eigenvalue weighted by Crippen LogP contribution is -2.30. The van der Waals surface area contributed by atoms with Crippen molar-refractivity contribution in [3.63, 3.8) is 0 Å². The predicted molar refractivity (Wildman–Crippen MR) is 174 cm³/mol. The summed E-state index contributed by atoms with van der Waals surface area (Å²) in [5.41, 5.74) is 2.87. The Balaban J connectivity index is 1.36. The van der Waals surface area contributed by atoms with Gasteiger partial charge < -0.3 is 20.1 Å². The summed E-state index contributed by atoms with van der Waals surface area (Å²) in [5.74, 6) is 0.116. The first kappa shape index (κ1) is 29.5. The van der Waals surface area contributed by atoms with Gasteiger partial charge >= 0.3 is 0 Å². The smallest absolute Gasteiger partial charge is 0.272 e. The SMILES string of the molecule is COc1ccc(OC)c(/C=C/C(=O)c2ccc(NC(=O)/C(=C/c3cccc4ccccc34)NC(=O)c3ccccc3)cc2)c1. The first-order valence-corrected chi connectivity index (χ1v) is 13.9. The van der Waals surface area contributed by atoms with E-state index in [1.807, 2.05) is 48.5 Å². The highest BCUT2D eigenvalue weighted by molar-refractivity contribution is 6.12. The quantitative estimate of drug-likeness (QED) is 0.135. The molecule has 0 radical (unpaired) electrons. The number of hydrogen-bond acceptors (Lipinski definition) is 5. The molecule has 44 heavy (non-hydrogen) atoms. The van der Waals surface area contributed by atoms with E-state index >= 15 is 0 Å². The maximum absolute atomic E-state index is 13.5. The van der Waals surface area contributed by atoms with Crippen LogP contribution < -0.4 is 20.1 Å². The number of methoxy groups -OCH3 is 2. The molecule has 0 aliphatic heterocycles. The Morgan fingerprint density at radius 2 is 1.41 bits per heavy atom. The van der Waals surface area contributed by atoms with Crippen LogP contribution in [-0.4, -0.2) is 31.8 Å². The molecule has 0 aromatic heterocycles. The minimum atomic E-state index is -0.508. The third-order valence-electron chi connectivity index (χ3n) is 6.93. The topological polar surface area (TPSA) is 93.7 Å². The summed E-state index contributed by atoms with van der Waals surface area (Å²) < 4.78 is 10.6. The molecule has 218 valence electrons. The van der Waals surface area contributed by atoms with Crippen LogP contribution in [0.5, 0.6) is 11.5 Å². The van der Waals surface area contributed by atoms with Gasteiger partial charge in [-0.3, -0.25) is 14.4 Å². The molecule has 0 atom stereocenters. The average molecular weight is 583 g/mol. The number of anilines is 1. The van der Waals surface area contributed by atoms with Gasteiger partial charge in [0, 0.05) is 22.4 Å². The molecule has 0 spiro atoms. The normalized spacial score (nSPS) is 11.3. The number of carbonyl (C=O) groups is 3. The molecule has 5 rings (SSSR count). The van der Waals surface area contributed by atoms with Gasteiger partial charge in [0.15, 0.2) is 5.78 Å². The molecule has 2 N–H and O–H groups in total. The van der Waals surface area contributed by atoms with Crippen LogP contribution in [0.25, 0.3) is 22.9 Å². The van der Waals surface area contributed by atoms with Crippen LogP contribution in [-0.2, 0) is 4.79 Å². The molecule has 0 fully saturated rings. The van der Waals surface area contributed by atoms with Crippen molar-refractivity contribution in [2.75, 3.05) is 19.5 Å². The second-order valence-corrected chi connectivity index (χ2v) is 9.78. The van der Waals surface area contributed by atoms with Crippen molar-refractivity contribution in [2.45, 2.75) is 0 Å². The second-order valence-electron chi connectivity index (χ2n) is 9.78. The standard InChI is InChI=1S/C37H30N2O5/c1-43-31-20-22-35(44-2)29(23-31)17-21-34(40)26-15-18-30(19-16-26)38-37(42)33(39-36(41)27-10-4-3-5-11-27)24-28-13-8-12-25-9-6-7-14-32(25)28/h3-24H,1-2H3,(H,38,42)(H,39,41)/b21-17+,33-24-. The molecule has 0 aliphatic carbocycles. The minimum Gasteiger partial charge on any atom is -0.497 e. The van der Waals surface area contributed by atoms with E-state index in [-0.39, 0.29) is 11.5 Å². The Kier molecular flexibility index (Phi) is 9.27. The molecule has 0 unspecified atom stereocenters. The molecule has 7 heteroatoms. The molecule has 7 nitrogen and oxygen atoms in total. The number of fused-ring (bicyclic) bond motifs is 1. The van der Waals surface area contributed by atoms with E-state index in [9.17, 15) is 14.4 Å². The summed E-state index contributed by atoms with van der Waals surface area (Å²) in [6.45, 7) is 0. The van der Waals surface area contributed by atoms with E-state index < -0.39 is 11.8 Å². The van der Waals surface area contributed by atoms with Crippen molar-refractivity contribution < 1.29 is 23.9 Å². The Bertz CT molecular complexity index is 1870. The number of ketones is 1. The van der Waals surface area contributed by atoms with Crippen LogP contribution in [0.2, 0.25) is 0 Å². The number of ether oxygens (including phenoxy) is 2. The Labute approximate surface area is 255 Å². The Hall–Kier alpha value is -5.95. The summed E-state index contributed by atoms with van der Waals surface area (Å²) in [6.07, 6.45) is 4.78. The summed E-state index contributed by atoms with van der Waals surface area (Å²) in [7, 11) is 3.13. The van der Waals surface area contributed by atoms with Crippen molar-refractivity contribution in [1.29, 1.82) is 0 Å². The molecule has 0 saturated heterocycles. The average Bonchev–Trinajstić information content (AvgIpc) is 3.07. The van der Waals surface area contributed by atoms with E-state index in [0.717, 1.165) is 16.3 Å². The van der Waals surface area contributed by atoms with Crippen LogP contribution in [0.3, 0.4) is 0 Å². The van der Waals surface area contributed by atoms with Gasteiger partial charge in [-0.05, 0) is 89.2 Å². The van der Waals surface area contributed by atoms with Crippen LogP contribution in [0.1, 0.15) is 31.8 Å². The highest BCUT2D eigenvalue weighted by Crippen LogP contribution is 2.26. The molecule has 0 heterocycles. The monoisotopic (exact) mass is 582 g/mol. The van der Waals surface area contributed by atoms with Crippen molar-refractivity contribution in [3.05, 3.63) is 149 Å². The van der Waals surface area contributed by atoms with Gasteiger partial charge in [-0.25, -0.2) is 0 Å². The van der Waals surface area contributed by atoms with Crippen molar-refractivity contribution in [1.82, 2.24) is 5.32 Å². The molecular weight excluding hydrogens is 552 g/mol. The van der Waals surface area contributed by atoms with Crippen molar-refractivity contribution >= 4 is 46.2 Å². The van der Waals surface area contributed by atoms with Crippen molar-refractivity contribution in [3.8, 4) is 11.5 Å². The van der Waals surface area contributed by atoms with E-state index in [4.69, 9.17) is 9.47 Å². The van der Waals surface area contributed by atoms with Gasteiger partial charge in [-0.15, -0.1) is 0 Å². The van der Waals surface area contributed by atoms with Crippen LogP contribution in [0.15, 0.2) is 127 Å². The summed E-state index contributed by atoms with van der Waals surface area (Å²) in [6, 6.07) is 34.1. The van der Waals surface area contributed by atoms with E-state index in [1.165, 1.54) is 6.08 Å². The van der Waals surface area contributed by atoms with Crippen LogP contribution >= 0.6 is 0 Å². The highest BCUT2D eigenvalue weighted by atomic mass is 16.5. The van der Waals surface area contributed by atoms with E-state index in [0.29, 0.717) is 33.9 Å². The fourth-order valence-electron chi connectivity index (χ4n) is 4.62. The molecule has 2 amide bonds. The molecule has 0 saturated carbocycles. The molecule has 0 bridgehead atoms. The Morgan fingerprint density at radius 1 is 0.682 bits per heavy atom. The molecule has 0 aliphatic rings. The molecular formula is C37H30N2O5. The van der Waals surface area contributed by atoms with Crippen LogP contribution in [0.4, 0.5) is 5.69 Å². The lowest BCUT2D eigenvalue weighted by atomic mass is 10.0. The number of amides is 2. The fraction of sp³-hybridized carbons (Fsp3) is 0.0541. The maximum atomic E-state index is 13.5. The minimum absolute atomic E-state index is 0.0746. The number of rotatable bonds is 10. The number of nitrogens with one attached hydrogen (secondary N) is 2. The lowest BCUT2D eigenvalue weighted by Gasteiger charge is -2.12. The third-order valence-corrected chi connectivity index (χ3v) is 6.93. The summed E-state index contributed by atoms with van der Waals surface area (Å²) in [5, 5.41) is 7.56. The maximum Gasteiger partial charge on any atom is 0.272 e. The zero-order valence-corrected chi connectivity index (χ0v) is 24.2. The highest BCUT2D eigenvalue weighted by Gasteiger charge is 2.16. The third kappa shape index (κ3) is 7.09. The van der Waals surface area contributed by atoms with Gasteiger partial charge in [0.1, 0.15) is 17.2 Å². The number of hydrogen-bond donors (Lipinski definition) is 2. The Morgan fingerprint density at radius 3 is 2.16 bits per heavy atom. The largest absolute Gasteiger partial charge is 0.497 e. The van der Waals surface area contributed by atoms with Crippen LogP contribution in [0, 0.1) is 0 Å². The molecule has 5 aromatic rings. The number of carbonyl (C=O) groups excluding carboxylic acids is 3. The summed E-state index contributed by atoms with van der Waals surface area (Å²) in [4.78, 5) is 39.4. The number of allylic oxidation sites excluding steroid dienone is 1. The van der Waals surface area contributed by atoms with Gasteiger partial charge in [-0.2, -0.15) is 0 Å². The first-order chi connectivity index (χ1) is 21.4. The van der Waals surface area contributed by atoms with Gasteiger partial charge in [0.05, 0.1) is 14.2 Å².